The molecule has 1 aromatic rings. The number of carbonyl (C=O) groups is 1. The Morgan fingerprint density at radius 2 is 1.83 bits per heavy atom. The summed E-state index contributed by atoms with van der Waals surface area (Å²) in [7, 11) is -1.98. The molecule has 0 saturated carbocycles. The van der Waals surface area contributed by atoms with E-state index in [9.17, 15) is 23.3 Å². The third-order valence-electron chi connectivity index (χ3n) is 2.93. The van der Waals surface area contributed by atoms with Gasteiger partial charge in [-0.05, 0) is 32.1 Å². The maximum atomic E-state index is 12.0. The quantitative estimate of drug-likeness (QED) is 0.311. The van der Waals surface area contributed by atoms with Gasteiger partial charge in [-0.15, -0.1) is 0 Å². The molecular weight excluding hydrogens is 324 g/mol. The van der Waals surface area contributed by atoms with E-state index < -0.39 is 14.9 Å². The second-order valence-corrected chi connectivity index (χ2v) is 6.47. The lowest BCUT2D eigenvalue weighted by Crippen LogP contribution is -2.31. The van der Waals surface area contributed by atoms with E-state index in [0.29, 0.717) is 6.54 Å². The Hall–Kier alpha value is -2.04. The molecule has 0 aliphatic heterocycles. The van der Waals surface area contributed by atoms with Crippen LogP contribution in [-0.2, 0) is 14.8 Å². The van der Waals surface area contributed by atoms with E-state index in [2.05, 4.69) is 15.4 Å². The van der Waals surface area contributed by atoms with E-state index in [4.69, 9.17) is 0 Å². The molecule has 0 aromatic heterocycles. The van der Waals surface area contributed by atoms with Gasteiger partial charge in [0.15, 0.2) is 0 Å². The summed E-state index contributed by atoms with van der Waals surface area (Å²) in [5.74, 6) is -0.243. The Balaban J connectivity index is 2.43. The summed E-state index contributed by atoms with van der Waals surface area (Å²) in [6.45, 7) is 1.26. The number of sulfonamides is 1. The van der Waals surface area contributed by atoms with Crippen LogP contribution < -0.4 is 15.4 Å². The summed E-state index contributed by atoms with van der Waals surface area (Å²) in [5, 5.41) is 16.2. The number of amides is 1. The number of rotatable bonds is 10. The molecule has 1 aromatic carbocycles. The lowest BCUT2D eigenvalue weighted by molar-refractivity contribution is -0.384. The van der Waals surface area contributed by atoms with Gasteiger partial charge >= 0.3 is 0 Å². The second kappa shape index (κ2) is 9.18. The van der Waals surface area contributed by atoms with Gasteiger partial charge in [0.1, 0.15) is 0 Å². The molecular formula is C13H20N4O5S. The zero-order chi connectivity index (χ0) is 17.3. The number of nitro benzene ring substituents is 1. The SMILES string of the molecule is CNCCCNC(=O)CCNS(=O)(=O)c1ccc([N+](=O)[O-])cc1. The summed E-state index contributed by atoms with van der Waals surface area (Å²) in [6, 6.07) is 4.53. The molecule has 0 atom stereocenters. The highest BCUT2D eigenvalue weighted by Gasteiger charge is 2.15. The van der Waals surface area contributed by atoms with Crippen molar-refractivity contribution in [1.29, 1.82) is 0 Å². The van der Waals surface area contributed by atoms with Crippen LogP contribution >= 0.6 is 0 Å². The lowest BCUT2D eigenvalue weighted by atomic mass is 10.3. The van der Waals surface area contributed by atoms with E-state index >= 15 is 0 Å². The van der Waals surface area contributed by atoms with Crippen LogP contribution in [0.4, 0.5) is 5.69 Å². The van der Waals surface area contributed by atoms with Crippen LogP contribution in [0.3, 0.4) is 0 Å². The maximum absolute atomic E-state index is 12.0. The normalized spacial score (nSPS) is 11.2. The minimum absolute atomic E-state index is 0.0196. The molecule has 0 bridgehead atoms. The standard InChI is InChI=1S/C13H20N4O5S/c1-14-8-2-9-15-13(18)7-10-16-23(21,22)12-5-3-11(4-6-12)17(19)20/h3-6,14,16H,2,7-10H2,1H3,(H,15,18). The van der Waals surface area contributed by atoms with Gasteiger partial charge in [0.05, 0.1) is 9.82 Å². The summed E-state index contributed by atoms with van der Waals surface area (Å²) in [5.41, 5.74) is -0.190. The highest BCUT2D eigenvalue weighted by atomic mass is 32.2. The van der Waals surface area contributed by atoms with Crippen molar-refractivity contribution in [2.45, 2.75) is 17.7 Å². The fourth-order valence-corrected chi connectivity index (χ4v) is 2.74. The van der Waals surface area contributed by atoms with Crippen molar-refractivity contribution in [3.63, 3.8) is 0 Å². The van der Waals surface area contributed by atoms with Crippen molar-refractivity contribution in [2.24, 2.45) is 0 Å². The molecule has 0 unspecified atom stereocenters. The molecule has 0 spiro atoms. The molecule has 0 aliphatic rings. The Kier molecular flexibility index (Phi) is 7.59. The van der Waals surface area contributed by atoms with Gasteiger partial charge in [-0.1, -0.05) is 0 Å². The predicted molar refractivity (Wildman–Crippen MR) is 84.5 cm³/mol. The molecule has 1 amide bonds. The first-order valence-corrected chi connectivity index (χ1v) is 8.50. The fourth-order valence-electron chi connectivity index (χ4n) is 1.71. The molecule has 128 valence electrons. The van der Waals surface area contributed by atoms with E-state index in [-0.39, 0.29) is 29.5 Å². The highest BCUT2D eigenvalue weighted by Crippen LogP contribution is 2.15. The molecule has 23 heavy (non-hydrogen) atoms. The fraction of sp³-hybridized carbons (Fsp3) is 0.462. The number of hydrogen-bond acceptors (Lipinski definition) is 6. The first-order chi connectivity index (χ1) is 10.9. The number of benzene rings is 1. The Bertz CT molecular complexity index is 630. The number of carbonyl (C=O) groups excluding carboxylic acids is 1. The topological polar surface area (TPSA) is 130 Å². The largest absolute Gasteiger partial charge is 0.356 e. The monoisotopic (exact) mass is 344 g/mol. The molecule has 9 nitrogen and oxygen atoms in total. The number of nitro groups is 1. The zero-order valence-corrected chi connectivity index (χ0v) is 13.6. The van der Waals surface area contributed by atoms with Crippen molar-refractivity contribution in [1.82, 2.24) is 15.4 Å². The summed E-state index contributed by atoms with van der Waals surface area (Å²) >= 11 is 0. The Labute approximate surface area is 134 Å². The lowest BCUT2D eigenvalue weighted by Gasteiger charge is -2.07. The van der Waals surface area contributed by atoms with Gasteiger partial charge in [0, 0.05) is 31.6 Å². The minimum atomic E-state index is -3.79. The Morgan fingerprint density at radius 3 is 2.39 bits per heavy atom. The van der Waals surface area contributed by atoms with Gasteiger partial charge in [-0.2, -0.15) is 0 Å². The number of hydrogen-bond donors (Lipinski definition) is 3. The van der Waals surface area contributed by atoms with E-state index in [1.165, 1.54) is 0 Å². The van der Waals surface area contributed by atoms with Gasteiger partial charge in [0.2, 0.25) is 15.9 Å². The molecule has 0 heterocycles. The van der Waals surface area contributed by atoms with E-state index in [1.807, 2.05) is 7.05 Å². The molecule has 1 rings (SSSR count). The van der Waals surface area contributed by atoms with Gasteiger partial charge in [-0.25, -0.2) is 13.1 Å². The van der Waals surface area contributed by atoms with Crippen LogP contribution in [0.15, 0.2) is 29.2 Å². The van der Waals surface area contributed by atoms with Crippen molar-refractivity contribution >= 4 is 21.6 Å². The van der Waals surface area contributed by atoms with Crippen LogP contribution in [0, 0.1) is 10.1 Å². The number of nitrogens with one attached hydrogen (secondary N) is 3. The third-order valence-corrected chi connectivity index (χ3v) is 4.40. The highest BCUT2D eigenvalue weighted by molar-refractivity contribution is 7.89. The average molecular weight is 344 g/mol. The van der Waals surface area contributed by atoms with Crippen molar-refractivity contribution in [2.75, 3.05) is 26.7 Å². The molecule has 0 saturated heterocycles. The molecule has 0 aliphatic carbocycles. The van der Waals surface area contributed by atoms with E-state index in [1.54, 1.807) is 0 Å². The zero-order valence-electron chi connectivity index (χ0n) is 12.7. The predicted octanol–water partition coefficient (Wildman–Crippen LogP) is -0.0111. The molecule has 3 N–H and O–H groups in total. The third kappa shape index (κ3) is 6.72. The summed E-state index contributed by atoms with van der Waals surface area (Å²) < 4.78 is 26.2. The molecule has 10 heteroatoms. The number of non-ortho nitro benzene ring substituents is 1. The summed E-state index contributed by atoms with van der Waals surface area (Å²) in [6.07, 6.45) is 0.808. The van der Waals surface area contributed by atoms with Crippen LogP contribution in [0.1, 0.15) is 12.8 Å². The van der Waals surface area contributed by atoms with Gasteiger partial charge < -0.3 is 10.6 Å². The van der Waals surface area contributed by atoms with Crippen LogP contribution in [0.5, 0.6) is 0 Å². The Morgan fingerprint density at radius 1 is 1.17 bits per heavy atom. The average Bonchev–Trinajstić information content (AvgIpc) is 2.51. The van der Waals surface area contributed by atoms with E-state index in [0.717, 1.165) is 37.2 Å². The van der Waals surface area contributed by atoms with Crippen LogP contribution in [0.2, 0.25) is 0 Å². The molecule has 0 radical (unpaired) electrons. The van der Waals surface area contributed by atoms with Gasteiger partial charge in [-0.3, -0.25) is 14.9 Å². The van der Waals surface area contributed by atoms with Crippen LogP contribution in [-0.4, -0.2) is 45.9 Å². The molecule has 0 fully saturated rings. The van der Waals surface area contributed by atoms with Crippen LogP contribution in [0.25, 0.3) is 0 Å². The van der Waals surface area contributed by atoms with Crippen molar-refractivity contribution < 1.29 is 18.1 Å². The second-order valence-electron chi connectivity index (χ2n) is 4.71. The number of nitrogens with zero attached hydrogens (tertiary/aromatic N) is 1. The summed E-state index contributed by atoms with van der Waals surface area (Å²) in [4.78, 5) is 21.3. The van der Waals surface area contributed by atoms with Crippen molar-refractivity contribution in [3.8, 4) is 0 Å². The van der Waals surface area contributed by atoms with Gasteiger partial charge in [0.25, 0.3) is 5.69 Å². The first kappa shape index (κ1) is 19.0. The smallest absolute Gasteiger partial charge is 0.269 e. The van der Waals surface area contributed by atoms with Crippen molar-refractivity contribution in [3.05, 3.63) is 34.4 Å². The first-order valence-electron chi connectivity index (χ1n) is 7.02. The minimum Gasteiger partial charge on any atom is -0.356 e. The maximum Gasteiger partial charge on any atom is 0.269 e.